The van der Waals surface area contributed by atoms with Gasteiger partial charge in [-0.15, -0.1) is 0 Å². The molecule has 0 bridgehead atoms. The highest BCUT2D eigenvalue weighted by Crippen LogP contribution is 2.19. The van der Waals surface area contributed by atoms with Crippen LogP contribution in [-0.4, -0.2) is 24.2 Å². The zero-order valence-electron chi connectivity index (χ0n) is 8.74. The molecule has 0 aliphatic carbocycles. The highest BCUT2D eigenvalue weighted by atomic mass is 35.5. The predicted molar refractivity (Wildman–Crippen MR) is 61.3 cm³/mol. The molecule has 1 aromatic rings. The Morgan fingerprint density at radius 2 is 2.47 bits per heavy atom. The molecule has 1 aromatic heterocycles. The first kappa shape index (κ1) is 10.7. The fourth-order valence-corrected chi connectivity index (χ4v) is 1.87. The topological polar surface area (TPSA) is 34.2 Å². The van der Waals surface area contributed by atoms with Crippen LogP contribution in [0.1, 0.15) is 13.3 Å². The normalized spacial score (nSPS) is 22.7. The van der Waals surface area contributed by atoms with Gasteiger partial charge in [0.15, 0.2) is 0 Å². The third-order valence-corrected chi connectivity index (χ3v) is 3.00. The molecule has 1 N–H and O–H groups in total. The second-order valence-corrected chi connectivity index (χ2v) is 4.35. The molecule has 4 heteroatoms. The van der Waals surface area contributed by atoms with E-state index in [0.717, 1.165) is 25.5 Å². The lowest BCUT2D eigenvalue weighted by Crippen LogP contribution is -2.26. The number of hydrogen-bond acceptors (Lipinski definition) is 3. The van der Waals surface area contributed by atoms with Crippen LogP contribution in [-0.2, 0) is 4.74 Å². The average molecular weight is 227 g/mol. The largest absolute Gasteiger partial charge is 0.381 e. The van der Waals surface area contributed by atoms with Crippen LogP contribution in [0.2, 0.25) is 5.02 Å². The predicted octanol–water partition coefficient (Wildman–Crippen LogP) is 2.57. The molecule has 0 amide bonds. The molecule has 2 heterocycles. The summed E-state index contributed by atoms with van der Waals surface area (Å²) < 4.78 is 5.35. The van der Waals surface area contributed by atoms with Gasteiger partial charge in [0.25, 0.3) is 0 Å². The Balaban J connectivity index is 1.92. The zero-order chi connectivity index (χ0) is 10.7. The van der Waals surface area contributed by atoms with Gasteiger partial charge >= 0.3 is 0 Å². The second kappa shape index (κ2) is 4.81. The van der Waals surface area contributed by atoms with Gasteiger partial charge in [0.2, 0.25) is 0 Å². The van der Waals surface area contributed by atoms with Gasteiger partial charge in [0.05, 0.1) is 11.6 Å². The maximum absolute atomic E-state index is 5.77. The standard InChI is InChI=1S/C11H15ClN2O/c1-8(9-4-5-15-7-9)14-11-3-2-10(12)6-13-11/h2-3,6,8-9H,4-5,7H2,1H3,(H,13,14). The van der Waals surface area contributed by atoms with Crippen LogP contribution >= 0.6 is 11.6 Å². The van der Waals surface area contributed by atoms with Gasteiger partial charge < -0.3 is 10.1 Å². The lowest BCUT2D eigenvalue weighted by atomic mass is 10.0. The summed E-state index contributed by atoms with van der Waals surface area (Å²) in [6.45, 7) is 3.89. The summed E-state index contributed by atoms with van der Waals surface area (Å²) in [6, 6.07) is 4.13. The van der Waals surface area contributed by atoms with Crippen molar-refractivity contribution in [2.75, 3.05) is 18.5 Å². The monoisotopic (exact) mass is 226 g/mol. The van der Waals surface area contributed by atoms with Crippen LogP contribution in [0.5, 0.6) is 0 Å². The molecule has 82 valence electrons. The Kier molecular flexibility index (Phi) is 3.44. The third-order valence-electron chi connectivity index (χ3n) is 2.77. The SMILES string of the molecule is CC(Nc1ccc(Cl)cn1)C1CCOC1. The molecule has 2 unspecified atom stereocenters. The first-order valence-electron chi connectivity index (χ1n) is 5.21. The molecule has 0 radical (unpaired) electrons. The number of rotatable bonds is 3. The van der Waals surface area contributed by atoms with E-state index in [4.69, 9.17) is 16.3 Å². The van der Waals surface area contributed by atoms with E-state index in [2.05, 4.69) is 17.2 Å². The van der Waals surface area contributed by atoms with Crippen molar-refractivity contribution in [1.29, 1.82) is 0 Å². The van der Waals surface area contributed by atoms with E-state index in [0.29, 0.717) is 17.0 Å². The van der Waals surface area contributed by atoms with Gasteiger partial charge in [-0.2, -0.15) is 0 Å². The molecule has 1 aliphatic heterocycles. The first-order valence-corrected chi connectivity index (χ1v) is 5.59. The number of nitrogens with one attached hydrogen (secondary N) is 1. The molecule has 15 heavy (non-hydrogen) atoms. The van der Waals surface area contributed by atoms with Crippen LogP contribution in [0.25, 0.3) is 0 Å². The van der Waals surface area contributed by atoms with E-state index in [1.54, 1.807) is 6.20 Å². The van der Waals surface area contributed by atoms with Crippen molar-refractivity contribution in [3.63, 3.8) is 0 Å². The molecule has 2 atom stereocenters. The summed E-state index contributed by atoms with van der Waals surface area (Å²) in [5.74, 6) is 1.46. The Hall–Kier alpha value is -0.800. The fraction of sp³-hybridized carbons (Fsp3) is 0.545. The van der Waals surface area contributed by atoms with Gasteiger partial charge in [-0.1, -0.05) is 11.6 Å². The van der Waals surface area contributed by atoms with Crippen LogP contribution in [0.4, 0.5) is 5.82 Å². The minimum absolute atomic E-state index is 0.390. The van der Waals surface area contributed by atoms with Crippen molar-refractivity contribution in [2.24, 2.45) is 5.92 Å². The minimum Gasteiger partial charge on any atom is -0.381 e. The van der Waals surface area contributed by atoms with Crippen molar-refractivity contribution in [3.05, 3.63) is 23.4 Å². The first-order chi connectivity index (χ1) is 7.25. The fourth-order valence-electron chi connectivity index (χ4n) is 1.76. The van der Waals surface area contributed by atoms with Crippen molar-refractivity contribution >= 4 is 17.4 Å². The lowest BCUT2D eigenvalue weighted by molar-refractivity contribution is 0.183. The van der Waals surface area contributed by atoms with E-state index in [1.165, 1.54) is 0 Å². The Morgan fingerprint density at radius 3 is 3.07 bits per heavy atom. The smallest absolute Gasteiger partial charge is 0.126 e. The summed E-state index contributed by atoms with van der Waals surface area (Å²) in [5.41, 5.74) is 0. The molecule has 0 saturated carbocycles. The van der Waals surface area contributed by atoms with E-state index in [1.807, 2.05) is 12.1 Å². The number of anilines is 1. The van der Waals surface area contributed by atoms with E-state index >= 15 is 0 Å². The number of hydrogen-bond donors (Lipinski definition) is 1. The maximum Gasteiger partial charge on any atom is 0.126 e. The second-order valence-electron chi connectivity index (χ2n) is 3.92. The van der Waals surface area contributed by atoms with Gasteiger partial charge in [0, 0.05) is 24.8 Å². The van der Waals surface area contributed by atoms with Crippen LogP contribution in [0, 0.1) is 5.92 Å². The quantitative estimate of drug-likeness (QED) is 0.860. The molecule has 3 nitrogen and oxygen atoms in total. The highest BCUT2D eigenvalue weighted by Gasteiger charge is 2.22. The zero-order valence-corrected chi connectivity index (χ0v) is 9.50. The molecule has 1 aliphatic rings. The van der Waals surface area contributed by atoms with Gasteiger partial charge in [-0.3, -0.25) is 0 Å². The summed E-state index contributed by atoms with van der Waals surface area (Å²) in [4.78, 5) is 4.21. The van der Waals surface area contributed by atoms with Crippen LogP contribution in [0.15, 0.2) is 18.3 Å². The number of pyridine rings is 1. The minimum atomic E-state index is 0.390. The molecule has 0 spiro atoms. The number of ether oxygens (including phenoxy) is 1. The summed E-state index contributed by atoms with van der Waals surface area (Å²) in [7, 11) is 0. The third kappa shape index (κ3) is 2.83. The van der Waals surface area contributed by atoms with Gasteiger partial charge in [-0.25, -0.2) is 4.98 Å². The van der Waals surface area contributed by atoms with Gasteiger partial charge in [0.1, 0.15) is 5.82 Å². The number of aromatic nitrogens is 1. The molecular formula is C11H15ClN2O. The Morgan fingerprint density at radius 1 is 1.60 bits per heavy atom. The van der Waals surface area contributed by atoms with E-state index in [9.17, 15) is 0 Å². The van der Waals surface area contributed by atoms with Crippen molar-refractivity contribution < 1.29 is 4.74 Å². The van der Waals surface area contributed by atoms with E-state index < -0.39 is 0 Å². The number of nitrogens with zero attached hydrogens (tertiary/aromatic N) is 1. The number of halogens is 1. The summed E-state index contributed by atoms with van der Waals surface area (Å²) >= 11 is 5.77. The average Bonchev–Trinajstić information content (AvgIpc) is 2.74. The molecule has 0 aromatic carbocycles. The maximum atomic E-state index is 5.77. The Bertz CT molecular complexity index is 309. The van der Waals surface area contributed by atoms with Gasteiger partial charge in [-0.05, 0) is 25.5 Å². The summed E-state index contributed by atoms with van der Waals surface area (Å²) in [6.07, 6.45) is 2.78. The van der Waals surface area contributed by atoms with Crippen LogP contribution < -0.4 is 5.32 Å². The molecule has 1 fully saturated rings. The molecular weight excluding hydrogens is 212 g/mol. The van der Waals surface area contributed by atoms with Crippen LogP contribution in [0.3, 0.4) is 0 Å². The summed E-state index contributed by atoms with van der Waals surface area (Å²) in [5, 5.41) is 4.03. The van der Waals surface area contributed by atoms with E-state index in [-0.39, 0.29) is 0 Å². The molecule has 2 rings (SSSR count). The molecule has 1 saturated heterocycles. The highest BCUT2D eigenvalue weighted by molar-refractivity contribution is 6.30. The van der Waals surface area contributed by atoms with Crippen molar-refractivity contribution in [3.8, 4) is 0 Å². The Labute approximate surface area is 94.8 Å². The van der Waals surface area contributed by atoms with Crippen molar-refractivity contribution in [2.45, 2.75) is 19.4 Å². The van der Waals surface area contributed by atoms with Crippen molar-refractivity contribution in [1.82, 2.24) is 4.98 Å². The lowest BCUT2D eigenvalue weighted by Gasteiger charge is -2.19.